The van der Waals surface area contributed by atoms with Crippen molar-refractivity contribution in [2.75, 3.05) is 16.8 Å². The largest absolute Gasteiger partial charge is 0.399 e. The summed E-state index contributed by atoms with van der Waals surface area (Å²) in [6.07, 6.45) is 0. The number of hydrogen-bond acceptors (Lipinski definition) is 3. The third kappa shape index (κ3) is 3.39. The highest BCUT2D eigenvalue weighted by molar-refractivity contribution is 9.10. The van der Waals surface area contributed by atoms with Gasteiger partial charge in [0.2, 0.25) is 0 Å². The molecule has 0 aliphatic rings. The van der Waals surface area contributed by atoms with Crippen molar-refractivity contribution < 1.29 is 4.79 Å². The van der Waals surface area contributed by atoms with E-state index in [0.717, 1.165) is 4.47 Å². The number of nitrogens with two attached hydrogens (primary N) is 2. The van der Waals surface area contributed by atoms with Crippen LogP contribution in [0.2, 0.25) is 5.02 Å². The Labute approximate surface area is 123 Å². The lowest BCUT2D eigenvalue weighted by Gasteiger charge is -2.08. The van der Waals surface area contributed by atoms with Gasteiger partial charge in [0, 0.05) is 27.1 Å². The molecule has 0 radical (unpaired) electrons. The molecular formula is C13H11BrClN3O. The molecule has 2 aromatic carbocycles. The van der Waals surface area contributed by atoms with Crippen LogP contribution in [0.3, 0.4) is 0 Å². The number of benzene rings is 2. The van der Waals surface area contributed by atoms with Gasteiger partial charge in [-0.05, 0) is 52.3 Å². The molecule has 0 heterocycles. The smallest absolute Gasteiger partial charge is 0.255 e. The van der Waals surface area contributed by atoms with Crippen LogP contribution >= 0.6 is 27.5 Å². The first kappa shape index (κ1) is 13.7. The van der Waals surface area contributed by atoms with Crippen molar-refractivity contribution in [3.05, 3.63) is 51.5 Å². The standard InChI is InChI=1S/C13H11BrClN3O/c14-11-2-1-10(6-12(11)15)18-13(19)7-3-8(16)5-9(17)4-7/h1-6H,16-17H2,(H,18,19). The van der Waals surface area contributed by atoms with Crippen LogP contribution in [-0.4, -0.2) is 5.91 Å². The van der Waals surface area contributed by atoms with Crippen LogP contribution in [0.5, 0.6) is 0 Å². The molecule has 6 heteroatoms. The predicted octanol–water partition coefficient (Wildman–Crippen LogP) is 3.52. The summed E-state index contributed by atoms with van der Waals surface area (Å²) in [4.78, 5) is 12.0. The van der Waals surface area contributed by atoms with Gasteiger partial charge in [-0.1, -0.05) is 11.6 Å². The molecular weight excluding hydrogens is 330 g/mol. The van der Waals surface area contributed by atoms with Crippen LogP contribution in [0.25, 0.3) is 0 Å². The summed E-state index contributed by atoms with van der Waals surface area (Å²) in [7, 11) is 0. The summed E-state index contributed by atoms with van der Waals surface area (Å²) in [5, 5.41) is 3.24. The Kier molecular flexibility index (Phi) is 3.97. The van der Waals surface area contributed by atoms with Crippen LogP contribution < -0.4 is 16.8 Å². The zero-order chi connectivity index (χ0) is 14.0. The van der Waals surface area contributed by atoms with Crippen LogP contribution in [0.15, 0.2) is 40.9 Å². The molecule has 2 rings (SSSR count). The fourth-order valence-corrected chi connectivity index (χ4v) is 2.01. The van der Waals surface area contributed by atoms with Gasteiger partial charge in [-0.15, -0.1) is 0 Å². The van der Waals surface area contributed by atoms with E-state index < -0.39 is 0 Å². The van der Waals surface area contributed by atoms with E-state index in [0.29, 0.717) is 27.6 Å². The first-order chi connectivity index (χ1) is 8.95. The zero-order valence-corrected chi connectivity index (χ0v) is 12.1. The predicted molar refractivity (Wildman–Crippen MR) is 82.4 cm³/mol. The number of rotatable bonds is 2. The average molecular weight is 341 g/mol. The van der Waals surface area contributed by atoms with E-state index in [1.54, 1.807) is 36.4 Å². The topological polar surface area (TPSA) is 81.1 Å². The van der Waals surface area contributed by atoms with E-state index >= 15 is 0 Å². The van der Waals surface area contributed by atoms with Gasteiger partial charge in [-0.25, -0.2) is 0 Å². The maximum Gasteiger partial charge on any atom is 0.255 e. The molecule has 0 unspecified atom stereocenters. The normalized spacial score (nSPS) is 10.2. The summed E-state index contributed by atoms with van der Waals surface area (Å²) < 4.78 is 0.764. The fraction of sp³-hybridized carbons (Fsp3) is 0. The van der Waals surface area contributed by atoms with Crippen LogP contribution in [-0.2, 0) is 0 Å². The monoisotopic (exact) mass is 339 g/mol. The van der Waals surface area contributed by atoms with Crippen molar-refractivity contribution >= 4 is 50.5 Å². The number of amides is 1. The minimum Gasteiger partial charge on any atom is -0.399 e. The minimum absolute atomic E-state index is 0.294. The maximum atomic E-state index is 12.0. The SMILES string of the molecule is Nc1cc(N)cc(C(=O)Nc2ccc(Br)c(Cl)c2)c1. The van der Waals surface area contributed by atoms with Gasteiger partial charge in [0.1, 0.15) is 0 Å². The Balaban J connectivity index is 2.22. The van der Waals surface area contributed by atoms with Crippen molar-refractivity contribution in [2.45, 2.75) is 0 Å². The Hall–Kier alpha value is -1.72. The molecule has 0 saturated heterocycles. The Bertz CT molecular complexity index is 626. The van der Waals surface area contributed by atoms with E-state index in [4.69, 9.17) is 23.1 Å². The number of hydrogen-bond donors (Lipinski definition) is 3. The second-order valence-corrected chi connectivity index (χ2v) is 5.23. The molecule has 5 N–H and O–H groups in total. The highest BCUT2D eigenvalue weighted by atomic mass is 79.9. The van der Waals surface area contributed by atoms with Gasteiger partial charge in [-0.3, -0.25) is 4.79 Å². The van der Waals surface area contributed by atoms with Gasteiger partial charge in [-0.2, -0.15) is 0 Å². The molecule has 0 aliphatic heterocycles. The lowest BCUT2D eigenvalue weighted by molar-refractivity contribution is 0.102. The lowest BCUT2D eigenvalue weighted by Crippen LogP contribution is -2.12. The Morgan fingerprint density at radius 1 is 1.11 bits per heavy atom. The van der Waals surface area contributed by atoms with Crippen molar-refractivity contribution in [2.24, 2.45) is 0 Å². The highest BCUT2D eigenvalue weighted by Gasteiger charge is 2.08. The van der Waals surface area contributed by atoms with Crippen LogP contribution in [0, 0.1) is 0 Å². The molecule has 0 atom stereocenters. The highest BCUT2D eigenvalue weighted by Crippen LogP contribution is 2.26. The lowest BCUT2D eigenvalue weighted by atomic mass is 10.1. The molecule has 2 aromatic rings. The minimum atomic E-state index is -0.294. The third-order valence-electron chi connectivity index (χ3n) is 2.42. The van der Waals surface area contributed by atoms with E-state index in [1.165, 1.54) is 0 Å². The second kappa shape index (κ2) is 5.50. The summed E-state index contributed by atoms with van der Waals surface area (Å²) >= 11 is 9.24. The molecule has 0 aromatic heterocycles. The van der Waals surface area contributed by atoms with Crippen molar-refractivity contribution in [1.29, 1.82) is 0 Å². The summed E-state index contributed by atoms with van der Waals surface area (Å²) in [6.45, 7) is 0. The molecule has 0 aliphatic carbocycles. The maximum absolute atomic E-state index is 12.0. The molecule has 0 fully saturated rings. The molecule has 0 spiro atoms. The Morgan fingerprint density at radius 2 is 1.74 bits per heavy atom. The molecule has 0 bridgehead atoms. The Morgan fingerprint density at radius 3 is 2.32 bits per heavy atom. The quantitative estimate of drug-likeness (QED) is 0.732. The van der Waals surface area contributed by atoms with Gasteiger partial charge in [0.05, 0.1) is 5.02 Å². The summed E-state index contributed by atoms with van der Waals surface area (Å²) in [6, 6.07) is 9.86. The number of halogens is 2. The molecule has 0 saturated carbocycles. The average Bonchev–Trinajstić information content (AvgIpc) is 2.32. The van der Waals surface area contributed by atoms with E-state index in [9.17, 15) is 4.79 Å². The molecule has 98 valence electrons. The first-order valence-electron chi connectivity index (χ1n) is 5.38. The number of carbonyl (C=O) groups excluding carboxylic acids is 1. The van der Waals surface area contributed by atoms with Crippen molar-refractivity contribution in [1.82, 2.24) is 0 Å². The second-order valence-electron chi connectivity index (χ2n) is 3.97. The summed E-state index contributed by atoms with van der Waals surface area (Å²) in [5.41, 5.74) is 13.2. The zero-order valence-electron chi connectivity index (χ0n) is 9.78. The van der Waals surface area contributed by atoms with Crippen molar-refractivity contribution in [3.8, 4) is 0 Å². The number of nitrogen functional groups attached to an aromatic ring is 2. The van der Waals surface area contributed by atoms with Crippen molar-refractivity contribution in [3.63, 3.8) is 0 Å². The van der Waals surface area contributed by atoms with Gasteiger partial charge < -0.3 is 16.8 Å². The van der Waals surface area contributed by atoms with E-state index in [-0.39, 0.29) is 5.91 Å². The first-order valence-corrected chi connectivity index (χ1v) is 6.55. The summed E-state index contributed by atoms with van der Waals surface area (Å²) in [5.74, 6) is -0.294. The van der Waals surface area contributed by atoms with E-state index in [1.807, 2.05) is 0 Å². The van der Waals surface area contributed by atoms with Gasteiger partial charge >= 0.3 is 0 Å². The molecule has 1 amide bonds. The fourth-order valence-electron chi connectivity index (χ4n) is 1.58. The number of anilines is 3. The van der Waals surface area contributed by atoms with E-state index in [2.05, 4.69) is 21.2 Å². The number of carbonyl (C=O) groups is 1. The van der Waals surface area contributed by atoms with Gasteiger partial charge in [0.15, 0.2) is 0 Å². The third-order valence-corrected chi connectivity index (χ3v) is 3.65. The molecule has 4 nitrogen and oxygen atoms in total. The molecule has 19 heavy (non-hydrogen) atoms. The van der Waals surface area contributed by atoms with Gasteiger partial charge in [0.25, 0.3) is 5.91 Å². The van der Waals surface area contributed by atoms with Crippen LogP contribution in [0.1, 0.15) is 10.4 Å². The van der Waals surface area contributed by atoms with Crippen LogP contribution in [0.4, 0.5) is 17.1 Å². The number of nitrogens with one attached hydrogen (secondary N) is 1.